The molecule has 0 spiro atoms. The highest BCUT2D eigenvalue weighted by atomic mass is 28.4. The summed E-state index contributed by atoms with van der Waals surface area (Å²) in [5.41, 5.74) is 0. The molecule has 0 fully saturated rings. The summed E-state index contributed by atoms with van der Waals surface area (Å²) in [6.45, 7) is 31.9. The standard InChI is InChI=1S/2C20H46O6Si2/c2*1-7-21-27(22-8-2,23-9-3)19-17-15-13-14-16-18-20-28(24-10-4,25-11-5)26-12-6/h2*7-20H2,1-6H3. The van der Waals surface area contributed by atoms with E-state index in [1.807, 2.05) is 83.1 Å². The van der Waals surface area contributed by atoms with E-state index in [4.69, 9.17) is 53.1 Å². The smallest absolute Gasteiger partial charge is 0.374 e. The second-order valence-corrected chi connectivity index (χ2v) is 24.1. The van der Waals surface area contributed by atoms with Crippen LogP contribution in [-0.2, 0) is 53.1 Å². The van der Waals surface area contributed by atoms with Crippen molar-refractivity contribution in [2.75, 3.05) is 79.3 Å². The van der Waals surface area contributed by atoms with Gasteiger partial charge in [-0.25, -0.2) is 0 Å². The van der Waals surface area contributed by atoms with Gasteiger partial charge in [0, 0.05) is 103 Å². The molecule has 0 rings (SSSR count). The second kappa shape index (κ2) is 39.5. The molecule has 0 heterocycles. The van der Waals surface area contributed by atoms with Gasteiger partial charge in [0.25, 0.3) is 0 Å². The lowest BCUT2D eigenvalue weighted by atomic mass is 10.1. The first-order valence-electron chi connectivity index (χ1n) is 22.8. The van der Waals surface area contributed by atoms with Gasteiger partial charge < -0.3 is 53.1 Å². The van der Waals surface area contributed by atoms with Crippen LogP contribution in [0.2, 0.25) is 24.2 Å². The molecule has 0 atom stereocenters. The average molecular weight is 878 g/mol. The Morgan fingerprint density at radius 2 is 0.286 bits per heavy atom. The maximum absolute atomic E-state index is 5.92. The molecule has 12 nitrogen and oxygen atoms in total. The number of hydrogen-bond donors (Lipinski definition) is 0. The monoisotopic (exact) mass is 877 g/mol. The predicted molar refractivity (Wildman–Crippen MR) is 237 cm³/mol. The molecular formula is C40H92O12Si4. The van der Waals surface area contributed by atoms with Crippen molar-refractivity contribution in [3.63, 3.8) is 0 Å². The lowest BCUT2D eigenvalue weighted by Gasteiger charge is -2.28. The van der Waals surface area contributed by atoms with Crippen LogP contribution in [0.5, 0.6) is 0 Å². The summed E-state index contributed by atoms with van der Waals surface area (Å²) in [5.74, 6) is 0. The summed E-state index contributed by atoms with van der Waals surface area (Å²) in [6, 6.07) is 3.66. The van der Waals surface area contributed by atoms with Gasteiger partial charge in [0.2, 0.25) is 0 Å². The summed E-state index contributed by atoms with van der Waals surface area (Å²) in [4.78, 5) is 0. The summed E-state index contributed by atoms with van der Waals surface area (Å²) in [7, 11) is -9.87. The Labute approximate surface area is 350 Å². The van der Waals surface area contributed by atoms with Crippen LogP contribution in [0.15, 0.2) is 0 Å². The molecule has 16 heteroatoms. The molecule has 0 aliphatic heterocycles. The lowest BCUT2D eigenvalue weighted by molar-refractivity contribution is 0.0695. The van der Waals surface area contributed by atoms with Crippen LogP contribution >= 0.6 is 0 Å². The Hall–Kier alpha value is 0.388. The van der Waals surface area contributed by atoms with Crippen LogP contribution in [0, 0.1) is 0 Å². The molecule has 0 amide bonds. The van der Waals surface area contributed by atoms with E-state index in [1.165, 1.54) is 51.4 Å². The van der Waals surface area contributed by atoms with Crippen LogP contribution in [0.3, 0.4) is 0 Å². The van der Waals surface area contributed by atoms with Gasteiger partial charge in [0.05, 0.1) is 0 Å². The van der Waals surface area contributed by atoms with Crippen molar-refractivity contribution in [1.82, 2.24) is 0 Å². The van der Waals surface area contributed by atoms with Crippen molar-refractivity contribution < 1.29 is 53.1 Å². The zero-order chi connectivity index (χ0) is 42.3. The molecular weight excluding hydrogens is 785 g/mol. The maximum atomic E-state index is 5.92. The zero-order valence-electron chi connectivity index (χ0n) is 38.7. The molecule has 0 radical (unpaired) electrons. The van der Waals surface area contributed by atoms with E-state index >= 15 is 0 Å². The highest BCUT2D eigenvalue weighted by Gasteiger charge is 2.42. The van der Waals surface area contributed by atoms with Crippen molar-refractivity contribution in [1.29, 1.82) is 0 Å². The van der Waals surface area contributed by atoms with E-state index in [0.29, 0.717) is 79.3 Å². The van der Waals surface area contributed by atoms with Crippen LogP contribution in [0.25, 0.3) is 0 Å². The SMILES string of the molecule is CCO[Si](CCCCCCCC[Si](OCC)(OCC)OCC)(OCC)OCC.CCO[Si](CCCCCCCC[Si](OCC)(OCC)OCC)(OCC)OCC. The summed E-state index contributed by atoms with van der Waals surface area (Å²) >= 11 is 0. The molecule has 0 N–H and O–H groups in total. The molecule has 0 aliphatic rings. The topological polar surface area (TPSA) is 111 Å². The third-order valence-corrected chi connectivity index (χ3v) is 21.4. The van der Waals surface area contributed by atoms with E-state index in [9.17, 15) is 0 Å². The van der Waals surface area contributed by atoms with Crippen LogP contribution in [0.1, 0.15) is 160 Å². The normalized spacial score (nSPS) is 12.6. The fraction of sp³-hybridized carbons (Fsp3) is 1.00. The number of hydrogen-bond acceptors (Lipinski definition) is 12. The van der Waals surface area contributed by atoms with Crippen molar-refractivity contribution in [3.8, 4) is 0 Å². The number of unbranched alkanes of at least 4 members (excludes halogenated alkanes) is 10. The minimum absolute atomic E-state index is 0.650. The Balaban J connectivity index is 0. The summed E-state index contributed by atoms with van der Waals surface area (Å²) < 4.78 is 71.0. The van der Waals surface area contributed by atoms with E-state index in [-0.39, 0.29) is 0 Å². The maximum Gasteiger partial charge on any atom is 0.500 e. The lowest BCUT2D eigenvalue weighted by Crippen LogP contribution is -2.45. The van der Waals surface area contributed by atoms with Crippen molar-refractivity contribution in [2.24, 2.45) is 0 Å². The number of rotatable bonds is 42. The molecule has 0 saturated carbocycles. The molecule has 0 aromatic carbocycles. The molecule has 56 heavy (non-hydrogen) atoms. The van der Waals surface area contributed by atoms with Crippen molar-refractivity contribution >= 4 is 35.2 Å². The Kier molecular flexibility index (Phi) is 41.3. The van der Waals surface area contributed by atoms with Gasteiger partial charge in [0.15, 0.2) is 0 Å². The Bertz CT molecular complexity index is 625. The van der Waals surface area contributed by atoms with Gasteiger partial charge in [-0.15, -0.1) is 0 Å². The third kappa shape index (κ3) is 28.0. The van der Waals surface area contributed by atoms with Gasteiger partial charge in [0.1, 0.15) is 0 Å². The van der Waals surface area contributed by atoms with Gasteiger partial charge >= 0.3 is 35.2 Å². The summed E-state index contributed by atoms with van der Waals surface area (Å²) in [6.07, 6.45) is 14.0. The first kappa shape index (κ1) is 58.5. The molecule has 0 unspecified atom stereocenters. The first-order valence-corrected chi connectivity index (χ1v) is 30.5. The van der Waals surface area contributed by atoms with Crippen LogP contribution in [-0.4, -0.2) is 115 Å². The highest BCUT2D eigenvalue weighted by molar-refractivity contribution is 6.61. The quantitative estimate of drug-likeness (QED) is 0.0430. The third-order valence-electron chi connectivity index (χ3n) is 8.80. The van der Waals surface area contributed by atoms with Gasteiger partial charge in [-0.2, -0.15) is 0 Å². The molecule has 0 aliphatic carbocycles. The largest absolute Gasteiger partial charge is 0.500 e. The molecule has 0 aromatic heterocycles. The zero-order valence-corrected chi connectivity index (χ0v) is 42.7. The van der Waals surface area contributed by atoms with Gasteiger partial charge in [-0.3, -0.25) is 0 Å². The minimum atomic E-state index is -2.47. The fourth-order valence-electron chi connectivity index (χ4n) is 6.79. The van der Waals surface area contributed by atoms with E-state index in [1.54, 1.807) is 0 Å². The molecule has 340 valence electrons. The van der Waals surface area contributed by atoms with E-state index in [0.717, 1.165) is 49.9 Å². The van der Waals surface area contributed by atoms with Gasteiger partial charge in [-0.1, -0.05) is 51.4 Å². The predicted octanol–water partition coefficient (Wildman–Crippen LogP) is 10.8. The highest BCUT2D eigenvalue weighted by Crippen LogP contribution is 2.25. The fourth-order valence-corrected chi connectivity index (χ4v) is 17.5. The second-order valence-electron chi connectivity index (χ2n) is 13.2. The average Bonchev–Trinajstić information content (AvgIpc) is 3.15. The van der Waals surface area contributed by atoms with Crippen LogP contribution in [0.4, 0.5) is 0 Å². The van der Waals surface area contributed by atoms with E-state index in [2.05, 4.69) is 0 Å². The van der Waals surface area contributed by atoms with Crippen LogP contribution < -0.4 is 0 Å². The Morgan fingerprint density at radius 1 is 0.179 bits per heavy atom. The van der Waals surface area contributed by atoms with E-state index < -0.39 is 35.2 Å². The molecule has 0 saturated heterocycles. The van der Waals surface area contributed by atoms with Crippen molar-refractivity contribution in [3.05, 3.63) is 0 Å². The van der Waals surface area contributed by atoms with Crippen molar-refractivity contribution in [2.45, 2.75) is 184 Å². The van der Waals surface area contributed by atoms with Gasteiger partial charge in [-0.05, 0) is 109 Å². The minimum Gasteiger partial charge on any atom is -0.374 e. The molecule has 0 bridgehead atoms. The summed E-state index contributed by atoms with van der Waals surface area (Å²) in [5, 5.41) is 0. The Morgan fingerprint density at radius 3 is 0.393 bits per heavy atom. The molecule has 0 aromatic rings. The first-order chi connectivity index (χ1) is 27.1.